The van der Waals surface area contributed by atoms with Crippen LogP contribution in [0.2, 0.25) is 0 Å². The SMILES string of the molecule is CCN(CC)[C@@]1(c2ccccc2)CCCCC1=O.CCN[C@@]1(c2cccc(C)c2)CCCCC1=O.CCN[C@@]1(c2cccc(CC)c2)CCCCC1=O.CN[C@@]1(c2cccc(C)c2)CCCCC1=O.O=C1CCCC[C@]1(c1ccccc1)N1CCCC1.O=C1CCCC[C@]1(c1ccccc1)N1CCCCC1. The van der Waals surface area contributed by atoms with Gasteiger partial charge in [-0.25, -0.2) is 0 Å². The molecular weight excluding hydrogens is 1310 g/mol. The highest BCUT2D eigenvalue weighted by Gasteiger charge is 2.50. The Labute approximate surface area is 638 Å². The zero-order chi connectivity index (χ0) is 75.5. The summed E-state index contributed by atoms with van der Waals surface area (Å²) in [6.45, 7) is 22.6. The van der Waals surface area contributed by atoms with E-state index in [0.29, 0.717) is 54.0 Å². The summed E-state index contributed by atoms with van der Waals surface area (Å²) in [6, 6.07) is 56.4. The molecule has 8 fully saturated rings. The third kappa shape index (κ3) is 19.0. The first-order valence-electron chi connectivity index (χ1n) is 41.6. The average Bonchev–Trinajstić information content (AvgIpc) is 0.874. The quantitative estimate of drug-likeness (QED) is 0.0798. The summed E-state index contributed by atoms with van der Waals surface area (Å²) in [6.07, 6.45) is 30.6. The number of carbonyl (C=O) groups is 6. The van der Waals surface area contributed by atoms with Gasteiger partial charge in [-0.05, 0) is 221 Å². The van der Waals surface area contributed by atoms with Gasteiger partial charge in [0.2, 0.25) is 0 Å². The van der Waals surface area contributed by atoms with Gasteiger partial charge in [0, 0.05) is 38.5 Å². The fourth-order valence-corrected chi connectivity index (χ4v) is 19.3. The normalized spacial score (nSPS) is 26.5. The van der Waals surface area contributed by atoms with Gasteiger partial charge in [0.1, 0.15) is 33.2 Å². The maximum absolute atomic E-state index is 12.8. The molecule has 106 heavy (non-hydrogen) atoms. The second-order valence-corrected chi connectivity index (χ2v) is 31.2. The number of hydrogen-bond acceptors (Lipinski definition) is 12. The van der Waals surface area contributed by atoms with Gasteiger partial charge in [0.25, 0.3) is 0 Å². The third-order valence-corrected chi connectivity index (χ3v) is 24.8. The summed E-state index contributed by atoms with van der Waals surface area (Å²) in [5.74, 6) is 2.37. The summed E-state index contributed by atoms with van der Waals surface area (Å²) in [7, 11) is 1.89. The molecule has 6 atom stereocenters. The first-order valence-corrected chi connectivity index (χ1v) is 41.6. The van der Waals surface area contributed by atoms with E-state index in [2.05, 4.69) is 200 Å². The smallest absolute Gasteiger partial charge is 0.157 e. The first-order chi connectivity index (χ1) is 51.5. The lowest BCUT2D eigenvalue weighted by atomic mass is 9.73. The molecule has 12 nitrogen and oxygen atoms in total. The van der Waals surface area contributed by atoms with Gasteiger partial charge < -0.3 is 16.0 Å². The van der Waals surface area contributed by atoms with Crippen molar-refractivity contribution in [3.8, 4) is 0 Å². The minimum absolute atomic E-state index is 0.296. The van der Waals surface area contributed by atoms with Crippen LogP contribution in [0.3, 0.4) is 0 Å². The largest absolute Gasteiger partial charge is 0.304 e. The Balaban J connectivity index is 0.000000147. The van der Waals surface area contributed by atoms with Crippen molar-refractivity contribution in [1.29, 1.82) is 0 Å². The van der Waals surface area contributed by atoms with Crippen LogP contribution >= 0.6 is 0 Å². The maximum Gasteiger partial charge on any atom is 0.157 e. The molecule has 0 bridgehead atoms. The number of carbonyl (C=O) groups excluding carboxylic acids is 6. The maximum atomic E-state index is 12.8. The van der Waals surface area contributed by atoms with Crippen LogP contribution in [-0.2, 0) is 68.4 Å². The molecule has 0 amide bonds. The molecular formula is C94H130N6O6. The minimum Gasteiger partial charge on any atom is -0.304 e. The summed E-state index contributed by atoms with van der Waals surface area (Å²) in [4.78, 5) is 82.3. The van der Waals surface area contributed by atoms with Gasteiger partial charge in [0.05, 0.1) is 0 Å². The van der Waals surface area contributed by atoms with Crippen molar-refractivity contribution < 1.29 is 28.8 Å². The topological polar surface area (TPSA) is 148 Å². The van der Waals surface area contributed by atoms with Crippen LogP contribution in [0.15, 0.2) is 164 Å². The van der Waals surface area contributed by atoms with Crippen molar-refractivity contribution in [3.63, 3.8) is 0 Å². The molecule has 8 aliphatic rings. The molecule has 0 unspecified atom stereocenters. The molecule has 12 heteroatoms. The standard InChI is InChI=1S/C17H23NO.C16H21NO.2C16H23NO.C15H21NO.C14H19NO/c19-16-11-5-6-12-17(16,15-9-3-1-4-10-15)18-13-7-2-8-14-18;18-15-10-4-5-11-16(15,17-12-6-7-13-17)14-8-2-1-3-9-14;1-3-13-8-7-9-14(12-13)16(17-4-2)11-6-5-10-15(16)18;1-3-17(4-2)16(13-9-8-12-15(16)18)14-10-6-5-7-11-14;1-3-16-15(10-5-4-9-14(15)17)13-8-6-7-12(2)11-13;1-11-6-5-7-12(10-11)14(15-2)9-4-3-8-13(14)16/h1,3-4,9-10H,2,5-8,11-14H2;1-3,8-9H,4-7,10-13H2;7-9,12,17H,3-6,10-11H2,1-2H3;5-7,10-11H,3-4,8-9,12-13H2,1-2H3;6-8,11,16H,3-5,9-10H2,1-2H3;5-7,10,15H,3-4,8-9H2,1-2H3/t17-;3*16-;15-;14-/m111111/s1. The van der Waals surface area contributed by atoms with E-state index in [0.717, 1.165) is 197 Å². The van der Waals surface area contributed by atoms with Crippen LogP contribution in [0.4, 0.5) is 0 Å². The van der Waals surface area contributed by atoms with Gasteiger partial charge in [-0.3, -0.25) is 43.5 Å². The molecule has 572 valence electrons. The predicted octanol–water partition coefficient (Wildman–Crippen LogP) is 18.7. The monoisotopic (exact) mass is 1440 g/mol. The summed E-state index contributed by atoms with van der Waals surface area (Å²) < 4.78 is 0. The van der Waals surface area contributed by atoms with Gasteiger partial charge in [-0.1, -0.05) is 254 Å². The Morgan fingerprint density at radius 3 is 1.04 bits per heavy atom. The highest BCUT2D eigenvalue weighted by Crippen LogP contribution is 2.45. The number of likely N-dealkylation sites (tertiary alicyclic amines) is 2. The number of hydrogen-bond donors (Lipinski definition) is 3. The third-order valence-electron chi connectivity index (χ3n) is 24.8. The Morgan fingerprint density at radius 2 is 0.670 bits per heavy atom. The number of nitrogens with zero attached hydrogens (tertiary/aromatic N) is 3. The summed E-state index contributed by atoms with van der Waals surface area (Å²) in [5.41, 5.74) is 8.57. The fraction of sp³-hybridized carbons (Fsp3) is 0.553. The number of piperidine rings is 1. The van der Waals surface area contributed by atoms with E-state index in [1.807, 2.05) is 49.5 Å². The molecule has 0 aromatic heterocycles. The van der Waals surface area contributed by atoms with Crippen molar-refractivity contribution in [2.75, 3.05) is 59.4 Å². The van der Waals surface area contributed by atoms with Crippen LogP contribution in [0.25, 0.3) is 0 Å². The van der Waals surface area contributed by atoms with E-state index in [4.69, 9.17) is 0 Å². The Morgan fingerprint density at radius 1 is 0.330 bits per heavy atom. The van der Waals surface area contributed by atoms with Crippen molar-refractivity contribution in [2.24, 2.45) is 0 Å². The Kier molecular flexibility index (Phi) is 31.8. The second-order valence-electron chi connectivity index (χ2n) is 31.2. The molecule has 6 aliphatic carbocycles. The van der Waals surface area contributed by atoms with Gasteiger partial charge in [0.15, 0.2) is 34.7 Å². The van der Waals surface area contributed by atoms with Crippen molar-refractivity contribution in [2.45, 2.75) is 274 Å². The predicted molar refractivity (Wildman–Crippen MR) is 434 cm³/mol. The van der Waals surface area contributed by atoms with Crippen molar-refractivity contribution in [1.82, 2.24) is 30.7 Å². The van der Waals surface area contributed by atoms with Crippen LogP contribution in [0.5, 0.6) is 0 Å². The fourth-order valence-electron chi connectivity index (χ4n) is 19.3. The Bertz CT molecular complexity index is 3680. The second kappa shape index (κ2) is 40.5. The number of nitrogens with one attached hydrogen (secondary N) is 3. The van der Waals surface area contributed by atoms with Crippen LogP contribution < -0.4 is 16.0 Å². The highest BCUT2D eigenvalue weighted by atomic mass is 16.2. The molecule has 2 heterocycles. The molecule has 0 spiro atoms. The lowest BCUT2D eigenvalue weighted by molar-refractivity contribution is -0.136. The van der Waals surface area contributed by atoms with Gasteiger partial charge in [-0.15, -0.1) is 0 Å². The average molecular weight is 1440 g/mol. The molecule has 0 radical (unpaired) electrons. The minimum atomic E-state index is -0.426. The summed E-state index contributed by atoms with van der Waals surface area (Å²) >= 11 is 0. The molecule has 6 aromatic rings. The van der Waals surface area contributed by atoms with Crippen molar-refractivity contribution in [3.05, 3.63) is 214 Å². The number of ketones is 6. The van der Waals surface area contributed by atoms with Crippen LogP contribution in [-0.4, -0.2) is 109 Å². The molecule has 2 saturated heterocycles. The van der Waals surface area contributed by atoms with E-state index in [9.17, 15) is 28.8 Å². The number of aryl methyl sites for hydroxylation is 3. The van der Waals surface area contributed by atoms with E-state index >= 15 is 0 Å². The number of benzene rings is 6. The van der Waals surface area contributed by atoms with E-state index in [-0.39, 0.29) is 16.6 Å². The lowest BCUT2D eigenvalue weighted by Gasteiger charge is -2.47. The first kappa shape index (κ1) is 83.1. The lowest BCUT2D eigenvalue weighted by Crippen LogP contribution is -2.55. The summed E-state index contributed by atoms with van der Waals surface area (Å²) in [5, 5.41) is 10.2. The van der Waals surface area contributed by atoms with Crippen molar-refractivity contribution >= 4 is 34.7 Å². The van der Waals surface area contributed by atoms with Crippen LogP contribution in [0, 0.1) is 13.8 Å². The van der Waals surface area contributed by atoms with Gasteiger partial charge >= 0.3 is 0 Å². The molecule has 6 saturated carbocycles. The molecule has 6 aromatic carbocycles. The molecule has 2 aliphatic heterocycles. The number of likely N-dealkylation sites (N-methyl/N-ethyl adjacent to an activating group) is 4. The van der Waals surface area contributed by atoms with E-state index in [1.54, 1.807) is 0 Å². The van der Waals surface area contributed by atoms with Gasteiger partial charge in [-0.2, -0.15) is 0 Å². The van der Waals surface area contributed by atoms with E-state index in [1.165, 1.54) is 78.3 Å². The number of Topliss-reactive ketones (excluding diaryl/α,β-unsaturated/α-hetero) is 6. The molecule has 14 rings (SSSR count). The number of rotatable bonds is 17. The zero-order valence-electron chi connectivity index (χ0n) is 66.2. The highest BCUT2D eigenvalue weighted by molar-refractivity contribution is 5.93. The molecule has 3 N–H and O–H groups in total. The van der Waals surface area contributed by atoms with Crippen LogP contribution in [0.1, 0.15) is 271 Å². The Hall–Kier alpha value is -6.90. The zero-order valence-corrected chi connectivity index (χ0v) is 66.2. The van der Waals surface area contributed by atoms with E-state index < -0.39 is 16.6 Å².